The molecule has 1 heterocycles. The van der Waals surface area contributed by atoms with E-state index in [1.165, 1.54) is 12.1 Å². The van der Waals surface area contributed by atoms with E-state index in [-0.39, 0.29) is 5.56 Å². The Morgan fingerprint density at radius 1 is 1.24 bits per heavy atom. The predicted molar refractivity (Wildman–Crippen MR) is 73.7 cm³/mol. The van der Waals surface area contributed by atoms with E-state index in [4.69, 9.17) is 10.9 Å². The molecular weight excluding hydrogens is 285 g/mol. The SMILES string of the molecule is CN1CCN(c2ccc(C(F)(F)F)c(/C(N)=N/O)c2)CC1. The number of nitrogens with zero attached hydrogens (tertiary/aromatic N) is 3. The van der Waals surface area contributed by atoms with Crippen molar-refractivity contribution in [1.82, 2.24) is 4.90 Å². The molecule has 0 unspecified atom stereocenters. The van der Waals surface area contributed by atoms with Gasteiger partial charge >= 0.3 is 6.18 Å². The van der Waals surface area contributed by atoms with Crippen molar-refractivity contribution in [3.63, 3.8) is 0 Å². The van der Waals surface area contributed by atoms with Crippen LogP contribution in [0, 0.1) is 0 Å². The molecule has 0 amide bonds. The number of rotatable bonds is 2. The fourth-order valence-corrected chi connectivity index (χ4v) is 2.31. The molecule has 0 atom stereocenters. The van der Waals surface area contributed by atoms with E-state index in [0.29, 0.717) is 5.69 Å². The van der Waals surface area contributed by atoms with Crippen LogP contribution in [-0.4, -0.2) is 49.2 Å². The number of likely N-dealkylation sites (N-methyl/N-ethyl adjacent to an activating group) is 1. The average Bonchev–Trinajstić information content (AvgIpc) is 2.45. The summed E-state index contributed by atoms with van der Waals surface area (Å²) < 4.78 is 38.9. The molecular formula is C13H17F3N4O. The number of hydrogen-bond acceptors (Lipinski definition) is 4. The summed E-state index contributed by atoms with van der Waals surface area (Å²) in [5, 5.41) is 11.4. The van der Waals surface area contributed by atoms with Gasteiger partial charge in [-0.1, -0.05) is 5.16 Å². The maximum atomic E-state index is 13.0. The first kappa shape index (κ1) is 15.4. The van der Waals surface area contributed by atoms with Gasteiger partial charge in [0.25, 0.3) is 0 Å². The van der Waals surface area contributed by atoms with Crippen LogP contribution in [0.2, 0.25) is 0 Å². The minimum absolute atomic E-state index is 0.304. The highest BCUT2D eigenvalue weighted by Crippen LogP contribution is 2.34. The lowest BCUT2D eigenvalue weighted by atomic mass is 10.0. The van der Waals surface area contributed by atoms with Crippen LogP contribution in [0.5, 0.6) is 0 Å². The number of hydrogen-bond donors (Lipinski definition) is 2. The molecule has 2 rings (SSSR count). The van der Waals surface area contributed by atoms with Gasteiger partial charge in [-0.3, -0.25) is 0 Å². The van der Waals surface area contributed by atoms with Crippen molar-refractivity contribution >= 4 is 11.5 Å². The molecule has 0 aromatic heterocycles. The maximum Gasteiger partial charge on any atom is 0.417 e. The molecule has 1 aromatic rings. The van der Waals surface area contributed by atoms with E-state index in [1.807, 2.05) is 11.9 Å². The Morgan fingerprint density at radius 3 is 2.38 bits per heavy atom. The Kier molecular flexibility index (Phi) is 4.26. The van der Waals surface area contributed by atoms with E-state index < -0.39 is 17.6 Å². The summed E-state index contributed by atoms with van der Waals surface area (Å²) >= 11 is 0. The van der Waals surface area contributed by atoms with Crippen molar-refractivity contribution in [3.05, 3.63) is 29.3 Å². The second-order valence-corrected chi connectivity index (χ2v) is 5.00. The Hall–Kier alpha value is -1.96. The van der Waals surface area contributed by atoms with Crippen LogP contribution in [0.15, 0.2) is 23.4 Å². The normalized spacial score (nSPS) is 18.1. The average molecular weight is 302 g/mol. The van der Waals surface area contributed by atoms with Crippen molar-refractivity contribution in [1.29, 1.82) is 0 Å². The minimum Gasteiger partial charge on any atom is -0.409 e. The number of piperazine rings is 1. The highest BCUT2D eigenvalue weighted by molar-refractivity contribution is 5.99. The van der Waals surface area contributed by atoms with Crippen molar-refractivity contribution in [2.75, 3.05) is 38.1 Å². The van der Waals surface area contributed by atoms with Gasteiger partial charge in [0.05, 0.1) is 5.56 Å². The largest absolute Gasteiger partial charge is 0.417 e. The summed E-state index contributed by atoms with van der Waals surface area (Å²) in [5.41, 5.74) is 4.81. The molecule has 0 radical (unpaired) electrons. The molecule has 5 nitrogen and oxygen atoms in total. The van der Waals surface area contributed by atoms with Gasteiger partial charge in [-0.25, -0.2) is 0 Å². The van der Waals surface area contributed by atoms with Gasteiger partial charge in [-0.2, -0.15) is 13.2 Å². The number of nitrogens with two attached hydrogens (primary N) is 1. The van der Waals surface area contributed by atoms with Crippen LogP contribution in [0.4, 0.5) is 18.9 Å². The second kappa shape index (κ2) is 5.80. The number of oxime groups is 1. The number of halogens is 3. The quantitative estimate of drug-likeness (QED) is 0.376. The summed E-state index contributed by atoms with van der Waals surface area (Å²) in [7, 11) is 1.99. The Bertz CT molecular complexity index is 537. The highest BCUT2D eigenvalue weighted by Gasteiger charge is 2.34. The minimum atomic E-state index is -4.55. The van der Waals surface area contributed by atoms with E-state index >= 15 is 0 Å². The van der Waals surface area contributed by atoms with Gasteiger partial charge in [0.2, 0.25) is 0 Å². The zero-order chi connectivity index (χ0) is 15.6. The standard InChI is InChI=1S/C13H17F3N4O/c1-19-4-6-20(7-5-19)9-2-3-11(13(14,15)16)10(8-9)12(17)18-21/h2-3,8,21H,4-7H2,1H3,(H2,17,18). The summed E-state index contributed by atoms with van der Waals surface area (Å²) in [6.07, 6.45) is -4.55. The van der Waals surface area contributed by atoms with E-state index in [2.05, 4.69) is 10.1 Å². The number of anilines is 1. The van der Waals surface area contributed by atoms with Gasteiger partial charge in [0.15, 0.2) is 5.84 Å². The van der Waals surface area contributed by atoms with Gasteiger partial charge in [0.1, 0.15) is 0 Å². The molecule has 8 heteroatoms. The molecule has 1 aliphatic rings. The molecule has 0 aliphatic carbocycles. The van der Waals surface area contributed by atoms with Crippen LogP contribution in [0.1, 0.15) is 11.1 Å². The topological polar surface area (TPSA) is 65.1 Å². The first-order chi connectivity index (χ1) is 9.82. The molecule has 1 aliphatic heterocycles. The fourth-order valence-electron chi connectivity index (χ4n) is 2.31. The van der Waals surface area contributed by atoms with Gasteiger partial charge in [-0.15, -0.1) is 0 Å². The monoisotopic (exact) mass is 302 g/mol. The van der Waals surface area contributed by atoms with Crippen LogP contribution in [0.25, 0.3) is 0 Å². The van der Waals surface area contributed by atoms with Crippen LogP contribution < -0.4 is 10.6 Å². The third-order valence-corrected chi connectivity index (χ3v) is 3.56. The van der Waals surface area contributed by atoms with Gasteiger partial charge in [0, 0.05) is 37.4 Å². The molecule has 116 valence electrons. The highest BCUT2D eigenvalue weighted by atomic mass is 19.4. The van der Waals surface area contributed by atoms with E-state index in [0.717, 1.165) is 32.2 Å². The fraction of sp³-hybridized carbons (Fsp3) is 0.462. The summed E-state index contributed by atoms with van der Waals surface area (Å²) in [6, 6.07) is 3.71. The summed E-state index contributed by atoms with van der Waals surface area (Å²) in [5.74, 6) is -0.543. The first-order valence-corrected chi connectivity index (χ1v) is 6.45. The second-order valence-electron chi connectivity index (χ2n) is 5.00. The van der Waals surface area contributed by atoms with Crippen LogP contribution in [-0.2, 0) is 6.18 Å². The van der Waals surface area contributed by atoms with Crippen LogP contribution in [0.3, 0.4) is 0 Å². The molecule has 1 fully saturated rings. The Balaban J connectivity index is 2.38. The molecule has 0 saturated carbocycles. The zero-order valence-corrected chi connectivity index (χ0v) is 11.6. The lowest BCUT2D eigenvalue weighted by molar-refractivity contribution is -0.137. The lowest BCUT2D eigenvalue weighted by Gasteiger charge is -2.34. The maximum absolute atomic E-state index is 13.0. The third kappa shape index (κ3) is 3.38. The zero-order valence-electron chi connectivity index (χ0n) is 11.6. The third-order valence-electron chi connectivity index (χ3n) is 3.56. The van der Waals surface area contributed by atoms with Gasteiger partial charge < -0.3 is 20.7 Å². The van der Waals surface area contributed by atoms with Crippen molar-refractivity contribution in [2.24, 2.45) is 10.9 Å². The lowest BCUT2D eigenvalue weighted by Crippen LogP contribution is -2.44. The van der Waals surface area contributed by atoms with Gasteiger partial charge in [-0.05, 0) is 25.2 Å². The summed E-state index contributed by atoms with van der Waals surface area (Å²) in [6.45, 7) is 3.11. The number of amidine groups is 1. The van der Waals surface area contributed by atoms with Crippen molar-refractivity contribution in [3.8, 4) is 0 Å². The Morgan fingerprint density at radius 2 is 1.86 bits per heavy atom. The van der Waals surface area contributed by atoms with E-state index in [1.54, 1.807) is 0 Å². The van der Waals surface area contributed by atoms with Crippen molar-refractivity contribution in [2.45, 2.75) is 6.18 Å². The molecule has 3 N–H and O–H groups in total. The number of alkyl halides is 3. The molecule has 1 aromatic carbocycles. The molecule has 1 saturated heterocycles. The molecule has 21 heavy (non-hydrogen) atoms. The smallest absolute Gasteiger partial charge is 0.409 e. The molecule has 0 spiro atoms. The number of benzene rings is 1. The summed E-state index contributed by atoms with van der Waals surface area (Å²) in [4.78, 5) is 4.12. The Labute approximate surface area is 120 Å². The first-order valence-electron chi connectivity index (χ1n) is 6.45. The predicted octanol–water partition coefficient (Wildman–Crippen LogP) is 1.55. The van der Waals surface area contributed by atoms with E-state index in [9.17, 15) is 13.2 Å². The van der Waals surface area contributed by atoms with Crippen molar-refractivity contribution < 1.29 is 18.4 Å². The van der Waals surface area contributed by atoms with Crippen LogP contribution >= 0.6 is 0 Å². The molecule has 0 bridgehead atoms.